The van der Waals surface area contributed by atoms with E-state index in [9.17, 15) is 0 Å². The van der Waals surface area contributed by atoms with E-state index < -0.39 is 0 Å². The van der Waals surface area contributed by atoms with Crippen LogP contribution in [0.3, 0.4) is 0 Å². The maximum Gasteiger partial charge on any atom is 0.229 e. The Morgan fingerprint density at radius 3 is 2.53 bits per heavy atom. The van der Waals surface area contributed by atoms with Crippen LogP contribution in [-0.2, 0) is 0 Å². The third kappa shape index (κ3) is 2.56. The van der Waals surface area contributed by atoms with E-state index in [-0.39, 0.29) is 5.92 Å². The minimum Gasteiger partial charge on any atom is -0.268 e. The first-order valence-electron chi connectivity index (χ1n) is 5.07. The van der Waals surface area contributed by atoms with Crippen molar-refractivity contribution in [2.45, 2.75) is 19.8 Å². The largest absolute Gasteiger partial charge is 0.268 e. The summed E-state index contributed by atoms with van der Waals surface area (Å²) in [7, 11) is 0. The lowest BCUT2D eigenvalue weighted by atomic mass is 10.2. The molecule has 6 heteroatoms. The summed E-state index contributed by atoms with van der Waals surface area (Å²) in [5.41, 5.74) is 0.937. The van der Waals surface area contributed by atoms with Crippen molar-refractivity contribution in [3.8, 4) is 5.69 Å². The second kappa shape index (κ2) is 5.08. The van der Waals surface area contributed by atoms with Gasteiger partial charge in [0.2, 0.25) is 5.28 Å². The summed E-state index contributed by atoms with van der Waals surface area (Å²) in [6, 6.07) is 5.89. The monoisotopic (exact) mass is 377 g/mol. The fourth-order valence-electron chi connectivity index (χ4n) is 1.54. The van der Waals surface area contributed by atoms with Gasteiger partial charge in [-0.05, 0) is 45.7 Å². The smallest absolute Gasteiger partial charge is 0.229 e. The molecule has 2 rings (SSSR count). The molecule has 0 aliphatic rings. The molecule has 1 aromatic heterocycles. The normalized spacial score (nSPS) is 11.2. The Morgan fingerprint density at radius 1 is 1.24 bits per heavy atom. The number of benzene rings is 1. The molecule has 0 aliphatic heterocycles. The van der Waals surface area contributed by atoms with Crippen LogP contribution in [0.1, 0.15) is 25.6 Å². The second-order valence-corrected chi connectivity index (χ2v) is 6.02. The van der Waals surface area contributed by atoms with Crippen LogP contribution in [0.25, 0.3) is 5.69 Å². The summed E-state index contributed by atoms with van der Waals surface area (Å²) < 4.78 is 3.79. The van der Waals surface area contributed by atoms with Crippen molar-refractivity contribution in [2.24, 2.45) is 0 Å². The van der Waals surface area contributed by atoms with Gasteiger partial charge in [0.25, 0.3) is 0 Å². The van der Waals surface area contributed by atoms with Gasteiger partial charge in [-0.15, -0.1) is 10.2 Å². The average molecular weight is 379 g/mol. The third-order valence-corrected chi connectivity index (χ3v) is 3.69. The Balaban J connectivity index is 2.63. The first-order valence-corrected chi connectivity index (χ1v) is 7.03. The van der Waals surface area contributed by atoms with Crippen LogP contribution in [0.2, 0.25) is 5.28 Å². The summed E-state index contributed by atoms with van der Waals surface area (Å²) in [6.07, 6.45) is 0. The zero-order valence-corrected chi connectivity index (χ0v) is 13.2. The number of aromatic nitrogens is 3. The molecule has 1 heterocycles. The predicted octanol–water partition coefficient (Wildman–Crippen LogP) is 4.57. The molecule has 1 aromatic carbocycles. The highest BCUT2D eigenvalue weighted by atomic mass is 79.9. The van der Waals surface area contributed by atoms with Crippen molar-refractivity contribution in [1.29, 1.82) is 0 Å². The SMILES string of the molecule is CC(C)c1nnc(Cl)n1-c1ccc(Br)cc1Br. The van der Waals surface area contributed by atoms with Gasteiger partial charge in [-0.1, -0.05) is 29.8 Å². The summed E-state index contributed by atoms with van der Waals surface area (Å²) in [5, 5.41) is 8.40. The van der Waals surface area contributed by atoms with Gasteiger partial charge in [-0.3, -0.25) is 4.57 Å². The quantitative estimate of drug-likeness (QED) is 0.765. The van der Waals surface area contributed by atoms with Gasteiger partial charge in [-0.25, -0.2) is 0 Å². The van der Waals surface area contributed by atoms with Crippen LogP contribution in [-0.4, -0.2) is 14.8 Å². The summed E-state index contributed by atoms with van der Waals surface area (Å²) in [5.74, 6) is 1.10. The van der Waals surface area contributed by atoms with Crippen LogP contribution in [0, 0.1) is 0 Å². The van der Waals surface area contributed by atoms with Crippen molar-refractivity contribution in [3.63, 3.8) is 0 Å². The molecule has 0 radical (unpaired) electrons. The second-order valence-electron chi connectivity index (χ2n) is 3.91. The van der Waals surface area contributed by atoms with Gasteiger partial charge < -0.3 is 0 Å². The molecule has 0 atom stereocenters. The first-order chi connectivity index (χ1) is 8.00. The van der Waals surface area contributed by atoms with Gasteiger partial charge in [0, 0.05) is 14.9 Å². The lowest BCUT2D eigenvalue weighted by Crippen LogP contribution is -2.04. The highest BCUT2D eigenvalue weighted by Gasteiger charge is 2.16. The first kappa shape index (κ1) is 13.1. The lowest BCUT2D eigenvalue weighted by Gasteiger charge is -2.11. The topological polar surface area (TPSA) is 30.7 Å². The minimum atomic E-state index is 0.255. The summed E-state index contributed by atoms with van der Waals surface area (Å²) in [6.45, 7) is 4.12. The van der Waals surface area contributed by atoms with E-state index in [1.807, 2.05) is 22.8 Å². The van der Waals surface area contributed by atoms with E-state index in [1.165, 1.54) is 0 Å². The molecule has 0 saturated carbocycles. The van der Waals surface area contributed by atoms with E-state index in [0.29, 0.717) is 5.28 Å². The summed E-state index contributed by atoms with van der Waals surface area (Å²) >= 11 is 13.0. The standard InChI is InChI=1S/C11H10Br2ClN3/c1-6(2)10-15-16-11(14)17(10)9-4-3-7(12)5-8(9)13/h3-6H,1-2H3. The van der Waals surface area contributed by atoms with Crippen molar-refractivity contribution in [2.75, 3.05) is 0 Å². The molecular formula is C11H10Br2ClN3. The molecule has 17 heavy (non-hydrogen) atoms. The minimum absolute atomic E-state index is 0.255. The Hall–Kier alpha value is -0.390. The van der Waals surface area contributed by atoms with E-state index in [2.05, 4.69) is 55.9 Å². The molecule has 0 amide bonds. The van der Waals surface area contributed by atoms with Gasteiger partial charge in [0.1, 0.15) is 5.82 Å². The van der Waals surface area contributed by atoms with Crippen LogP contribution in [0.15, 0.2) is 27.1 Å². The zero-order valence-electron chi connectivity index (χ0n) is 9.28. The number of hydrogen-bond acceptors (Lipinski definition) is 2. The van der Waals surface area contributed by atoms with E-state index in [4.69, 9.17) is 11.6 Å². The molecular weight excluding hydrogens is 369 g/mol. The van der Waals surface area contributed by atoms with Gasteiger partial charge in [0.15, 0.2) is 0 Å². The number of nitrogens with zero attached hydrogens (tertiary/aromatic N) is 3. The molecule has 0 spiro atoms. The number of rotatable bonds is 2. The molecule has 90 valence electrons. The molecule has 3 nitrogen and oxygen atoms in total. The van der Waals surface area contributed by atoms with E-state index in [1.54, 1.807) is 0 Å². The number of halogens is 3. The molecule has 0 saturated heterocycles. The zero-order chi connectivity index (χ0) is 12.6. The van der Waals surface area contributed by atoms with Crippen molar-refractivity contribution < 1.29 is 0 Å². The van der Waals surface area contributed by atoms with Gasteiger partial charge in [0.05, 0.1) is 5.69 Å². The van der Waals surface area contributed by atoms with Crippen LogP contribution in [0.4, 0.5) is 0 Å². The Bertz CT molecular complexity index is 552. The Kier molecular flexibility index (Phi) is 3.90. The van der Waals surface area contributed by atoms with E-state index in [0.717, 1.165) is 20.5 Å². The molecule has 0 aliphatic carbocycles. The molecule has 2 aromatic rings. The maximum atomic E-state index is 6.09. The van der Waals surface area contributed by atoms with E-state index >= 15 is 0 Å². The van der Waals surface area contributed by atoms with Crippen LogP contribution in [0.5, 0.6) is 0 Å². The van der Waals surface area contributed by atoms with Crippen LogP contribution >= 0.6 is 43.5 Å². The molecule has 0 bridgehead atoms. The van der Waals surface area contributed by atoms with Gasteiger partial charge >= 0.3 is 0 Å². The molecule has 0 fully saturated rings. The lowest BCUT2D eigenvalue weighted by molar-refractivity contribution is 0.744. The highest BCUT2D eigenvalue weighted by molar-refractivity contribution is 9.11. The third-order valence-electron chi connectivity index (χ3n) is 2.32. The van der Waals surface area contributed by atoms with Gasteiger partial charge in [-0.2, -0.15) is 0 Å². The van der Waals surface area contributed by atoms with Crippen molar-refractivity contribution in [3.05, 3.63) is 38.3 Å². The molecule has 0 unspecified atom stereocenters. The van der Waals surface area contributed by atoms with Crippen molar-refractivity contribution in [1.82, 2.24) is 14.8 Å². The highest BCUT2D eigenvalue weighted by Crippen LogP contribution is 2.29. The number of hydrogen-bond donors (Lipinski definition) is 0. The fraction of sp³-hybridized carbons (Fsp3) is 0.273. The van der Waals surface area contributed by atoms with Crippen molar-refractivity contribution >= 4 is 43.5 Å². The predicted molar refractivity (Wildman–Crippen MR) is 75.9 cm³/mol. The maximum absolute atomic E-state index is 6.09. The Morgan fingerprint density at radius 2 is 1.94 bits per heavy atom. The fourth-order valence-corrected chi connectivity index (χ4v) is 2.98. The summed E-state index contributed by atoms with van der Waals surface area (Å²) in [4.78, 5) is 0. The Labute approximate surface area is 121 Å². The average Bonchev–Trinajstić information content (AvgIpc) is 2.60. The van der Waals surface area contributed by atoms with Crippen LogP contribution < -0.4 is 0 Å². The molecule has 0 N–H and O–H groups in total.